The Morgan fingerprint density at radius 1 is 0.784 bits per heavy atom. The van der Waals surface area contributed by atoms with Crippen LogP contribution in [0.15, 0.2) is 12.2 Å². The van der Waals surface area contributed by atoms with Crippen LogP contribution in [0.5, 0.6) is 0 Å². The molecule has 1 aliphatic rings. The van der Waals surface area contributed by atoms with Crippen molar-refractivity contribution in [2.24, 2.45) is 0 Å². The van der Waals surface area contributed by atoms with E-state index in [1.807, 2.05) is 0 Å². The maximum absolute atomic E-state index is 12.7. The van der Waals surface area contributed by atoms with E-state index in [4.69, 9.17) is 9.47 Å². The molecule has 6 amide bonds. The second kappa shape index (κ2) is 14.2. The topological polar surface area (TPSA) is 172 Å². The van der Waals surface area contributed by atoms with Crippen LogP contribution in [0.2, 0.25) is 0 Å². The molecule has 13 nitrogen and oxygen atoms in total. The van der Waals surface area contributed by atoms with Gasteiger partial charge in [-0.05, 0) is 60.8 Å². The predicted octanol–water partition coefficient (Wildman–Crippen LogP) is 0.732. The first kappa shape index (κ1) is 31.4. The van der Waals surface area contributed by atoms with E-state index in [-0.39, 0.29) is 19.5 Å². The molecule has 1 heterocycles. The van der Waals surface area contributed by atoms with E-state index >= 15 is 0 Å². The van der Waals surface area contributed by atoms with E-state index in [0.29, 0.717) is 19.4 Å². The molecule has 1 atom stereocenters. The van der Waals surface area contributed by atoms with E-state index in [9.17, 15) is 28.8 Å². The fourth-order valence-corrected chi connectivity index (χ4v) is 2.99. The molecule has 37 heavy (non-hydrogen) atoms. The van der Waals surface area contributed by atoms with Crippen molar-refractivity contribution < 1.29 is 38.2 Å². The van der Waals surface area contributed by atoms with Crippen LogP contribution in [0.3, 0.4) is 0 Å². The van der Waals surface area contributed by atoms with Gasteiger partial charge in [-0.25, -0.2) is 9.59 Å². The lowest BCUT2D eigenvalue weighted by atomic mass is 10.1. The van der Waals surface area contributed by atoms with Gasteiger partial charge in [0.1, 0.15) is 23.8 Å². The molecule has 0 aromatic carbocycles. The average Bonchev–Trinajstić information content (AvgIpc) is 3.05. The molecule has 0 fully saturated rings. The summed E-state index contributed by atoms with van der Waals surface area (Å²) in [6.07, 6.45) is 2.21. The fourth-order valence-electron chi connectivity index (χ4n) is 2.99. The number of nitrogens with zero attached hydrogens (tertiary/aromatic N) is 1. The third kappa shape index (κ3) is 13.9. The van der Waals surface area contributed by atoms with Gasteiger partial charge in [0.2, 0.25) is 11.8 Å². The van der Waals surface area contributed by atoms with E-state index in [1.54, 1.807) is 41.5 Å². The first-order valence-corrected chi connectivity index (χ1v) is 12.1. The molecule has 0 bridgehead atoms. The van der Waals surface area contributed by atoms with Gasteiger partial charge in [-0.15, -0.1) is 0 Å². The van der Waals surface area contributed by atoms with E-state index in [2.05, 4.69) is 21.3 Å². The number of hydrogen-bond donors (Lipinski definition) is 4. The van der Waals surface area contributed by atoms with E-state index in [1.165, 1.54) is 0 Å². The van der Waals surface area contributed by atoms with Crippen LogP contribution in [0, 0.1) is 0 Å². The van der Waals surface area contributed by atoms with Gasteiger partial charge < -0.3 is 30.7 Å². The third-order valence-electron chi connectivity index (χ3n) is 4.54. The van der Waals surface area contributed by atoms with Crippen LogP contribution < -0.4 is 21.3 Å². The molecule has 4 N–H and O–H groups in total. The van der Waals surface area contributed by atoms with Gasteiger partial charge in [-0.2, -0.15) is 0 Å². The molecule has 13 heteroatoms. The van der Waals surface area contributed by atoms with Crippen molar-refractivity contribution in [2.75, 3.05) is 26.2 Å². The standard InChI is InChI=1S/C24H39N5O8/c1-23(2,3)36-21(34)27-12-8-7-9-16(28-22(35)37-24(4,5)6)20(33)26-14-13-25-17(30)15-29-18(31)10-11-19(29)32/h10-11,16H,7-9,12-15H2,1-6H3,(H,25,30)(H,26,33)(H,27,34)(H,28,35)/t16-/m0/s1. The van der Waals surface area contributed by atoms with Crippen LogP contribution in [0.1, 0.15) is 60.8 Å². The number of unbranched alkanes of at least 4 members (excludes halogenated alkanes) is 1. The number of carbonyl (C=O) groups is 6. The van der Waals surface area contributed by atoms with Crippen molar-refractivity contribution in [3.05, 3.63) is 12.2 Å². The maximum atomic E-state index is 12.7. The molecule has 0 aromatic rings. The fraction of sp³-hybridized carbons (Fsp3) is 0.667. The number of carbonyl (C=O) groups excluding carboxylic acids is 6. The minimum atomic E-state index is -0.905. The van der Waals surface area contributed by atoms with Gasteiger partial charge in [0, 0.05) is 31.8 Å². The number of ether oxygens (including phenoxy) is 2. The number of imide groups is 1. The average molecular weight is 526 g/mol. The zero-order valence-electron chi connectivity index (χ0n) is 22.4. The highest BCUT2D eigenvalue weighted by atomic mass is 16.6. The van der Waals surface area contributed by atoms with Crippen molar-refractivity contribution in [1.29, 1.82) is 0 Å². The summed E-state index contributed by atoms with van der Waals surface area (Å²) in [4.78, 5) is 72.4. The summed E-state index contributed by atoms with van der Waals surface area (Å²) in [6, 6.07) is -0.905. The Bertz CT molecular complexity index is 871. The van der Waals surface area contributed by atoms with E-state index < -0.39 is 59.6 Å². The summed E-state index contributed by atoms with van der Waals surface area (Å²) >= 11 is 0. The van der Waals surface area contributed by atoms with Gasteiger partial charge in [-0.3, -0.25) is 24.1 Å². The van der Waals surface area contributed by atoms with Crippen molar-refractivity contribution in [1.82, 2.24) is 26.2 Å². The number of rotatable bonds is 12. The predicted molar refractivity (Wildman–Crippen MR) is 133 cm³/mol. The largest absolute Gasteiger partial charge is 0.444 e. The SMILES string of the molecule is CC(C)(C)OC(=O)NCCCC[C@H](NC(=O)OC(C)(C)C)C(=O)NCCNC(=O)CN1C(=O)C=CC1=O. The zero-order chi connectivity index (χ0) is 28.2. The van der Waals surface area contributed by atoms with Crippen LogP contribution in [0.25, 0.3) is 0 Å². The number of nitrogens with one attached hydrogen (secondary N) is 4. The summed E-state index contributed by atoms with van der Waals surface area (Å²) < 4.78 is 10.4. The molecule has 1 aliphatic heterocycles. The lowest BCUT2D eigenvalue weighted by Crippen LogP contribution is -2.49. The molecule has 208 valence electrons. The lowest BCUT2D eigenvalue weighted by Gasteiger charge is -2.23. The first-order chi connectivity index (χ1) is 17.1. The van der Waals surface area contributed by atoms with Crippen LogP contribution >= 0.6 is 0 Å². The molecule has 0 radical (unpaired) electrons. The van der Waals surface area contributed by atoms with Crippen LogP contribution in [-0.2, 0) is 28.7 Å². The highest BCUT2D eigenvalue weighted by molar-refractivity contribution is 6.14. The number of hydrogen-bond acceptors (Lipinski definition) is 8. The van der Waals surface area contributed by atoms with Crippen LogP contribution in [-0.4, -0.2) is 84.1 Å². The first-order valence-electron chi connectivity index (χ1n) is 12.1. The summed E-state index contributed by atoms with van der Waals surface area (Å²) in [5.41, 5.74) is -1.36. The molecular weight excluding hydrogens is 486 g/mol. The number of amides is 6. The molecule has 0 aliphatic carbocycles. The van der Waals surface area contributed by atoms with Crippen molar-refractivity contribution in [2.45, 2.75) is 78.0 Å². The normalized spacial score (nSPS) is 14.2. The number of alkyl carbamates (subject to hydrolysis) is 2. The Morgan fingerprint density at radius 2 is 1.32 bits per heavy atom. The van der Waals surface area contributed by atoms with Gasteiger partial charge >= 0.3 is 12.2 Å². The van der Waals surface area contributed by atoms with Gasteiger partial charge in [0.25, 0.3) is 11.8 Å². The van der Waals surface area contributed by atoms with Gasteiger partial charge in [0.15, 0.2) is 0 Å². The Kier molecular flexibility index (Phi) is 12.0. The summed E-state index contributed by atoms with van der Waals surface area (Å²) in [5, 5.41) is 10.3. The maximum Gasteiger partial charge on any atom is 0.408 e. The van der Waals surface area contributed by atoms with Crippen molar-refractivity contribution >= 4 is 35.8 Å². The van der Waals surface area contributed by atoms with Crippen molar-refractivity contribution in [3.8, 4) is 0 Å². The quantitative estimate of drug-likeness (QED) is 0.213. The zero-order valence-corrected chi connectivity index (χ0v) is 22.4. The molecule has 0 unspecified atom stereocenters. The van der Waals surface area contributed by atoms with Gasteiger partial charge in [0.05, 0.1) is 0 Å². The Balaban J connectivity index is 2.48. The summed E-state index contributed by atoms with van der Waals surface area (Å²) in [6.45, 7) is 10.4. The molecule has 0 spiro atoms. The highest BCUT2D eigenvalue weighted by Gasteiger charge is 2.26. The smallest absolute Gasteiger partial charge is 0.408 e. The van der Waals surface area contributed by atoms with Crippen LogP contribution in [0.4, 0.5) is 9.59 Å². The Hall–Kier alpha value is -3.64. The van der Waals surface area contributed by atoms with Gasteiger partial charge in [-0.1, -0.05) is 0 Å². The molecule has 0 saturated heterocycles. The van der Waals surface area contributed by atoms with E-state index in [0.717, 1.165) is 17.1 Å². The highest BCUT2D eigenvalue weighted by Crippen LogP contribution is 2.09. The summed E-state index contributed by atoms with van der Waals surface area (Å²) in [5.74, 6) is -2.16. The lowest BCUT2D eigenvalue weighted by molar-refractivity contribution is -0.141. The Morgan fingerprint density at radius 3 is 1.89 bits per heavy atom. The summed E-state index contributed by atoms with van der Waals surface area (Å²) in [7, 11) is 0. The molecule has 0 saturated carbocycles. The third-order valence-corrected chi connectivity index (χ3v) is 4.54. The molecule has 0 aromatic heterocycles. The monoisotopic (exact) mass is 525 g/mol. The molecular formula is C24H39N5O8. The molecule has 1 rings (SSSR count). The minimum Gasteiger partial charge on any atom is -0.444 e. The Labute approximate surface area is 217 Å². The van der Waals surface area contributed by atoms with Crippen molar-refractivity contribution in [3.63, 3.8) is 0 Å². The second-order valence-electron chi connectivity index (χ2n) is 10.4. The minimum absolute atomic E-state index is 0.0488. The second-order valence-corrected chi connectivity index (χ2v) is 10.4.